The van der Waals surface area contributed by atoms with Crippen LogP contribution in [0.3, 0.4) is 0 Å². The minimum atomic E-state index is -0.144. The summed E-state index contributed by atoms with van der Waals surface area (Å²) in [6.07, 6.45) is 1.34. The molecule has 0 bridgehead atoms. The van der Waals surface area contributed by atoms with Gasteiger partial charge in [0.1, 0.15) is 7.11 Å². The Balaban J connectivity index is 1.44. The number of carbonyl (C=O) groups excluding carboxylic acids is 2. The van der Waals surface area contributed by atoms with Gasteiger partial charge >= 0.3 is 0 Å². The van der Waals surface area contributed by atoms with Gasteiger partial charge < -0.3 is 20.8 Å². The number of nitrogen functional groups attached to an aromatic ring is 1. The fourth-order valence-corrected chi connectivity index (χ4v) is 4.19. The highest BCUT2D eigenvalue weighted by Gasteiger charge is 2.34. The number of anilines is 2. The van der Waals surface area contributed by atoms with Crippen molar-refractivity contribution in [3.63, 3.8) is 0 Å². The average molecular weight is 457 g/mol. The molecule has 0 spiro atoms. The Kier molecular flexibility index (Phi) is 7.22. The van der Waals surface area contributed by atoms with Gasteiger partial charge in [-0.05, 0) is 41.8 Å². The number of hydrogen-bond donors (Lipinski definition) is 2. The van der Waals surface area contributed by atoms with E-state index in [9.17, 15) is 9.59 Å². The number of rotatable bonds is 7. The van der Waals surface area contributed by atoms with Crippen molar-refractivity contribution >= 4 is 28.9 Å². The summed E-state index contributed by atoms with van der Waals surface area (Å²) in [6.45, 7) is 0.380. The molecule has 0 saturated carbocycles. The zero-order valence-corrected chi connectivity index (χ0v) is 19.1. The number of hydrogen-bond acceptors (Lipinski definition) is 5. The highest BCUT2D eigenvalue weighted by Crippen LogP contribution is 2.25. The summed E-state index contributed by atoms with van der Waals surface area (Å²) in [5.74, 6) is -0.228. The quantitative estimate of drug-likeness (QED) is 0.402. The predicted molar refractivity (Wildman–Crippen MR) is 134 cm³/mol. The Morgan fingerprint density at radius 3 is 2.38 bits per heavy atom. The lowest BCUT2D eigenvalue weighted by atomic mass is 10.0. The minimum Gasteiger partial charge on any atom is -0.399 e. The highest BCUT2D eigenvalue weighted by molar-refractivity contribution is 6.01. The van der Waals surface area contributed by atoms with Gasteiger partial charge in [0.15, 0.2) is 0 Å². The number of carbonyl (C=O) groups is 2. The fourth-order valence-electron chi connectivity index (χ4n) is 4.19. The number of likely N-dealkylation sites (tertiary alicyclic amines) is 1. The van der Waals surface area contributed by atoms with E-state index in [2.05, 4.69) is 10.5 Å². The smallest absolute Gasteiger partial charge is 0.254 e. The molecule has 3 N–H and O–H groups in total. The third-order valence-electron chi connectivity index (χ3n) is 5.92. The van der Waals surface area contributed by atoms with E-state index in [0.717, 1.165) is 16.8 Å². The molecule has 3 aromatic carbocycles. The van der Waals surface area contributed by atoms with Crippen molar-refractivity contribution < 1.29 is 14.4 Å². The van der Waals surface area contributed by atoms with Crippen molar-refractivity contribution in [3.8, 4) is 11.1 Å². The van der Waals surface area contributed by atoms with Gasteiger partial charge in [0.05, 0.1) is 23.6 Å². The van der Waals surface area contributed by atoms with Crippen LogP contribution in [0, 0.1) is 0 Å². The topological polar surface area (TPSA) is 97.0 Å². The zero-order valence-electron chi connectivity index (χ0n) is 19.1. The van der Waals surface area contributed by atoms with Crippen molar-refractivity contribution in [2.24, 2.45) is 5.16 Å². The maximum Gasteiger partial charge on any atom is 0.254 e. The Bertz CT molecular complexity index is 1180. The maximum absolute atomic E-state index is 13.3. The Morgan fingerprint density at radius 2 is 1.68 bits per heavy atom. The molecular formula is C27H28N4O3. The molecule has 0 aromatic heterocycles. The van der Waals surface area contributed by atoms with Crippen LogP contribution in [0.5, 0.6) is 0 Å². The first kappa shape index (κ1) is 23.0. The zero-order chi connectivity index (χ0) is 23.9. The molecule has 1 aliphatic rings. The standard InChI is InChI=1S/C27H28N4O3/c1-34-30-22-17-23(15-16-26(32)29-25-10-6-5-9-24(25)28)31(18-22)27(33)21-13-11-20(12-14-21)19-7-3-2-4-8-19/h2-14,23H,15-18,28H2,1H3,(H,29,32). The molecule has 3 aromatic rings. The number of benzene rings is 3. The van der Waals surface area contributed by atoms with Crippen molar-refractivity contribution in [1.82, 2.24) is 4.90 Å². The van der Waals surface area contributed by atoms with Crippen molar-refractivity contribution in [1.29, 1.82) is 0 Å². The molecule has 1 saturated heterocycles. The summed E-state index contributed by atoms with van der Waals surface area (Å²) in [7, 11) is 1.49. The van der Waals surface area contributed by atoms with Crippen molar-refractivity contribution in [2.75, 3.05) is 24.7 Å². The van der Waals surface area contributed by atoms with Crippen LogP contribution < -0.4 is 11.1 Å². The Labute approximate surface area is 199 Å². The number of nitrogens with one attached hydrogen (secondary N) is 1. The minimum absolute atomic E-state index is 0.0846. The molecule has 7 nitrogen and oxygen atoms in total. The molecule has 2 amide bonds. The monoisotopic (exact) mass is 456 g/mol. The highest BCUT2D eigenvalue weighted by atomic mass is 16.6. The second kappa shape index (κ2) is 10.7. The molecule has 1 aliphatic heterocycles. The SMILES string of the molecule is CON=C1CC(CCC(=O)Nc2ccccc2N)N(C(=O)c2ccc(-c3ccccc3)cc2)C1. The summed E-state index contributed by atoms with van der Waals surface area (Å²) in [4.78, 5) is 32.6. The van der Waals surface area contributed by atoms with Crippen LogP contribution in [-0.4, -0.2) is 42.1 Å². The van der Waals surface area contributed by atoms with Gasteiger partial charge in [0.25, 0.3) is 5.91 Å². The van der Waals surface area contributed by atoms with Crippen LogP contribution in [0.25, 0.3) is 11.1 Å². The molecule has 1 heterocycles. The summed E-state index contributed by atoms with van der Waals surface area (Å²) in [5.41, 5.74) is 10.6. The van der Waals surface area contributed by atoms with E-state index in [1.165, 1.54) is 7.11 Å². The predicted octanol–water partition coefficient (Wildman–Crippen LogP) is 4.57. The number of amides is 2. The number of oxime groups is 1. The third kappa shape index (κ3) is 5.43. The van der Waals surface area contributed by atoms with E-state index < -0.39 is 0 Å². The molecule has 7 heteroatoms. The summed E-state index contributed by atoms with van der Waals surface area (Å²) >= 11 is 0. The van der Waals surface area contributed by atoms with Crippen LogP contribution in [-0.2, 0) is 9.63 Å². The molecule has 0 radical (unpaired) electrons. The second-order valence-electron chi connectivity index (χ2n) is 8.25. The average Bonchev–Trinajstić information content (AvgIpc) is 3.27. The van der Waals surface area contributed by atoms with Gasteiger partial charge in [-0.25, -0.2) is 0 Å². The normalized spacial score (nSPS) is 16.4. The van der Waals surface area contributed by atoms with Gasteiger partial charge in [-0.15, -0.1) is 0 Å². The van der Waals surface area contributed by atoms with Gasteiger partial charge in [-0.1, -0.05) is 59.8 Å². The Hall–Kier alpha value is -4.13. The van der Waals surface area contributed by atoms with Gasteiger partial charge in [0.2, 0.25) is 5.91 Å². The van der Waals surface area contributed by atoms with Crippen LogP contribution in [0.2, 0.25) is 0 Å². The third-order valence-corrected chi connectivity index (χ3v) is 5.92. The first-order chi connectivity index (χ1) is 16.5. The van der Waals surface area contributed by atoms with Crippen LogP contribution in [0.1, 0.15) is 29.6 Å². The lowest BCUT2D eigenvalue weighted by Gasteiger charge is -2.24. The van der Waals surface area contributed by atoms with Gasteiger partial charge in [-0.3, -0.25) is 9.59 Å². The second-order valence-corrected chi connectivity index (χ2v) is 8.25. The number of nitrogens with two attached hydrogens (primary N) is 1. The largest absolute Gasteiger partial charge is 0.399 e. The van der Waals surface area contributed by atoms with E-state index in [0.29, 0.717) is 36.3 Å². The van der Waals surface area contributed by atoms with E-state index in [1.807, 2.05) is 66.7 Å². The van der Waals surface area contributed by atoms with Crippen LogP contribution in [0.4, 0.5) is 11.4 Å². The number of nitrogens with zero attached hydrogens (tertiary/aromatic N) is 2. The lowest BCUT2D eigenvalue weighted by Crippen LogP contribution is -2.36. The van der Waals surface area contributed by atoms with E-state index >= 15 is 0 Å². The van der Waals surface area contributed by atoms with E-state index in [1.54, 1.807) is 17.0 Å². The molecule has 4 rings (SSSR count). The summed E-state index contributed by atoms with van der Waals surface area (Å²) in [6, 6.07) is 24.6. The first-order valence-electron chi connectivity index (χ1n) is 11.2. The molecule has 1 unspecified atom stereocenters. The summed E-state index contributed by atoms with van der Waals surface area (Å²) in [5, 5.41) is 6.91. The first-order valence-corrected chi connectivity index (χ1v) is 11.2. The molecule has 0 aliphatic carbocycles. The molecule has 1 fully saturated rings. The lowest BCUT2D eigenvalue weighted by molar-refractivity contribution is -0.116. The van der Waals surface area contributed by atoms with Crippen LogP contribution >= 0.6 is 0 Å². The van der Waals surface area contributed by atoms with Crippen LogP contribution in [0.15, 0.2) is 84.0 Å². The van der Waals surface area contributed by atoms with Gasteiger partial charge in [0, 0.05) is 24.4 Å². The van der Waals surface area contributed by atoms with Crippen molar-refractivity contribution in [2.45, 2.75) is 25.3 Å². The Morgan fingerprint density at radius 1 is 1.00 bits per heavy atom. The molecule has 34 heavy (non-hydrogen) atoms. The van der Waals surface area contributed by atoms with Crippen molar-refractivity contribution in [3.05, 3.63) is 84.4 Å². The van der Waals surface area contributed by atoms with E-state index in [4.69, 9.17) is 10.6 Å². The molecular weight excluding hydrogens is 428 g/mol. The summed E-state index contributed by atoms with van der Waals surface area (Å²) < 4.78 is 0. The van der Waals surface area contributed by atoms with E-state index in [-0.39, 0.29) is 24.3 Å². The van der Waals surface area contributed by atoms with Gasteiger partial charge in [-0.2, -0.15) is 0 Å². The number of para-hydroxylation sites is 2. The molecule has 174 valence electrons. The maximum atomic E-state index is 13.3. The molecule has 1 atom stereocenters. The fraction of sp³-hybridized carbons (Fsp3) is 0.222.